The molecule has 5 aromatic rings. The molecule has 5 rings (SSSR count). The van der Waals surface area contributed by atoms with Crippen molar-refractivity contribution in [3.8, 4) is 39.4 Å². The Hall–Kier alpha value is -4.85. The molecular formula is C28H23N5O3. The van der Waals surface area contributed by atoms with Gasteiger partial charge in [0.1, 0.15) is 12.4 Å². The van der Waals surface area contributed by atoms with Crippen LogP contribution in [0.15, 0.2) is 78.9 Å². The van der Waals surface area contributed by atoms with Crippen molar-refractivity contribution in [1.82, 2.24) is 25.6 Å². The number of nitrogens with one attached hydrogen (secondary N) is 1. The lowest BCUT2D eigenvalue weighted by molar-refractivity contribution is 0.0697. The summed E-state index contributed by atoms with van der Waals surface area (Å²) in [6.45, 7) is 4.22. The third-order valence-electron chi connectivity index (χ3n) is 5.89. The summed E-state index contributed by atoms with van der Waals surface area (Å²) >= 11 is 0. The number of carboxylic acid groups (broad SMARTS) is 1. The molecule has 0 bridgehead atoms. The van der Waals surface area contributed by atoms with Gasteiger partial charge < -0.3 is 9.84 Å². The van der Waals surface area contributed by atoms with Crippen molar-refractivity contribution < 1.29 is 14.6 Å². The predicted octanol–water partition coefficient (Wildman–Crippen LogP) is 5.49. The van der Waals surface area contributed by atoms with Gasteiger partial charge in [-0.05, 0) is 53.4 Å². The zero-order chi connectivity index (χ0) is 25.1. The van der Waals surface area contributed by atoms with Crippen molar-refractivity contribution in [1.29, 1.82) is 0 Å². The number of pyridine rings is 1. The summed E-state index contributed by atoms with van der Waals surface area (Å²) in [5.74, 6) is 0.292. The number of aromatic amines is 1. The molecular weight excluding hydrogens is 454 g/mol. The largest absolute Gasteiger partial charge is 0.488 e. The Bertz CT molecular complexity index is 1510. The van der Waals surface area contributed by atoms with Crippen LogP contribution in [-0.4, -0.2) is 36.7 Å². The molecule has 3 aromatic carbocycles. The van der Waals surface area contributed by atoms with Gasteiger partial charge in [-0.25, -0.2) is 4.79 Å². The van der Waals surface area contributed by atoms with Gasteiger partial charge in [0.2, 0.25) is 5.82 Å². The van der Waals surface area contributed by atoms with Crippen LogP contribution in [-0.2, 0) is 6.61 Å². The van der Waals surface area contributed by atoms with E-state index in [0.717, 1.165) is 44.8 Å². The number of ether oxygens (including phenoxy) is 1. The summed E-state index contributed by atoms with van der Waals surface area (Å²) in [5, 5.41) is 23.6. The minimum atomic E-state index is -0.958. The zero-order valence-electron chi connectivity index (χ0n) is 19.8. The summed E-state index contributed by atoms with van der Waals surface area (Å²) in [6.07, 6.45) is 0. The van der Waals surface area contributed by atoms with E-state index >= 15 is 0 Å². The second kappa shape index (κ2) is 9.79. The Kier molecular flexibility index (Phi) is 6.23. The number of nitrogens with zero attached hydrogens (tertiary/aromatic N) is 4. The Morgan fingerprint density at radius 2 is 1.61 bits per heavy atom. The van der Waals surface area contributed by atoms with E-state index in [0.29, 0.717) is 18.2 Å². The van der Waals surface area contributed by atoms with Gasteiger partial charge in [0.05, 0.1) is 5.56 Å². The van der Waals surface area contributed by atoms with Crippen molar-refractivity contribution in [3.63, 3.8) is 0 Å². The first-order valence-corrected chi connectivity index (χ1v) is 11.4. The van der Waals surface area contributed by atoms with Gasteiger partial charge in [0, 0.05) is 28.6 Å². The highest BCUT2D eigenvalue weighted by Crippen LogP contribution is 2.34. The number of hydrogen-bond acceptors (Lipinski definition) is 6. The molecule has 0 amide bonds. The van der Waals surface area contributed by atoms with Crippen LogP contribution in [0.3, 0.4) is 0 Å². The molecule has 0 atom stereocenters. The van der Waals surface area contributed by atoms with Crippen LogP contribution in [0.4, 0.5) is 0 Å². The third kappa shape index (κ3) is 4.69. The van der Waals surface area contributed by atoms with E-state index in [1.54, 1.807) is 24.3 Å². The minimum Gasteiger partial charge on any atom is -0.488 e. The van der Waals surface area contributed by atoms with E-state index in [4.69, 9.17) is 4.74 Å². The lowest BCUT2D eigenvalue weighted by Gasteiger charge is -2.15. The molecule has 36 heavy (non-hydrogen) atoms. The summed E-state index contributed by atoms with van der Waals surface area (Å²) in [4.78, 5) is 15.8. The van der Waals surface area contributed by atoms with E-state index in [2.05, 4.69) is 25.6 Å². The lowest BCUT2D eigenvalue weighted by atomic mass is 9.98. The first kappa shape index (κ1) is 22.9. The fraction of sp³-hybridized carbons (Fsp3) is 0.107. The van der Waals surface area contributed by atoms with Crippen LogP contribution in [0, 0.1) is 13.8 Å². The number of carboxylic acids is 1. The number of aromatic nitrogens is 5. The molecule has 2 aromatic heterocycles. The molecule has 0 aliphatic heterocycles. The molecule has 0 aliphatic rings. The molecule has 0 unspecified atom stereocenters. The lowest BCUT2D eigenvalue weighted by Crippen LogP contribution is -2.01. The monoisotopic (exact) mass is 477 g/mol. The molecule has 178 valence electrons. The topological polar surface area (TPSA) is 114 Å². The standard InChI is InChI=1S/C28H23N5O3/c1-17-15-25(26(18(2)29-17)21-11-13-22(14-12-21)28(34)35)36-16-19-7-9-20(10-8-19)23-5-3-4-6-24(23)27-30-32-33-31-27/h3-15H,16H2,1-2H3,(H,34,35)(H,30,31,32,33). The van der Waals surface area contributed by atoms with Gasteiger partial charge in [-0.3, -0.25) is 4.98 Å². The highest BCUT2D eigenvalue weighted by molar-refractivity contribution is 5.88. The molecule has 0 aliphatic carbocycles. The summed E-state index contributed by atoms with van der Waals surface area (Å²) in [6, 6.07) is 24.7. The Balaban J connectivity index is 1.39. The summed E-state index contributed by atoms with van der Waals surface area (Å²) in [5.41, 5.74) is 7.57. The van der Waals surface area contributed by atoms with E-state index in [1.165, 1.54) is 0 Å². The Labute approximate surface area is 207 Å². The van der Waals surface area contributed by atoms with Gasteiger partial charge in [0.15, 0.2) is 0 Å². The minimum absolute atomic E-state index is 0.236. The van der Waals surface area contributed by atoms with Gasteiger partial charge in [-0.15, -0.1) is 10.2 Å². The number of benzene rings is 3. The van der Waals surface area contributed by atoms with Crippen molar-refractivity contribution in [2.24, 2.45) is 0 Å². The highest BCUT2D eigenvalue weighted by atomic mass is 16.5. The van der Waals surface area contributed by atoms with Crippen LogP contribution >= 0.6 is 0 Å². The van der Waals surface area contributed by atoms with E-state index < -0.39 is 5.97 Å². The van der Waals surface area contributed by atoms with Gasteiger partial charge in [-0.1, -0.05) is 60.7 Å². The number of aryl methyl sites for hydroxylation is 2. The molecule has 0 fully saturated rings. The van der Waals surface area contributed by atoms with Crippen LogP contribution in [0.5, 0.6) is 5.75 Å². The first-order chi connectivity index (χ1) is 17.5. The zero-order valence-corrected chi connectivity index (χ0v) is 19.8. The van der Waals surface area contributed by atoms with Crippen LogP contribution in [0.2, 0.25) is 0 Å². The highest BCUT2D eigenvalue weighted by Gasteiger charge is 2.14. The van der Waals surface area contributed by atoms with Crippen LogP contribution in [0.25, 0.3) is 33.6 Å². The van der Waals surface area contributed by atoms with E-state index in [1.807, 2.05) is 68.4 Å². The maximum Gasteiger partial charge on any atom is 0.335 e. The summed E-state index contributed by atoms with van der Waals surface area (Å²) < 4.78 is 6.26. The quantitative estimate of drug-likeness (QED) is 0.319. The Morgan fingerprint density at radius 3 is 2.28 bits per heavy atom. The summed E-state index contributed by atoms with van der Waals surface area (Å²) in [7, 11) is 0. The first-order valence-electron chi connectivity index (χ1n) is 11.4. The van der Waals surface area contributed by atoms with Crippen LogP contribution in [0.1, 0.15) is 27.3 Å². The normalized spacial score (nSPS) is 10.8. The Morgan fingerprint density at radius 1 is 0.917 bits per heavy atom. The number of hydrogen-bond donors (Lipinski definition) is 2. The third-order valence-corrected chi connectivity index (χ3v) is 5.89. The second-order valence-electron chi connectivity index (χ2n) is 8.37. The molecule has 0 saturated heterocycles. The molecule has 0 spiro atoms. The fourth-order valence-electron chi connectivity index (χ4n) is 4.18. The second-order valence-corrected chi connectivity index (χ2v) is 8.37. The molecule has 8 heteroatoms. The number of carbonyl (C=O) groups is 1. The maximum absolute atomic E-state index is 11.2. The number of aromatic carboxylic acids is 1. The number of H-pyrrole nitrogens is 1. The molecule has 2 N–H and O–H groups in total. The molecule has 2 heterocycles. The SMILES string of the molecule is Cc1cc(OCc2ccc(-c3ccccc3-c3nn[nH]n3)cc2)c(-c2ccc(C(=O)O)cc2)c(C)n1. The van der Waals surface area contributed by atoms with E-state index in [-0.39, 0.29) is 5.56 Å². The number of tetrazole rings is 1. The molecule has 8 nitrogen and oxygen atoms in total. The van der Waals surface area contributed by atoms with Crippen molar-refractivity contribution in [3.05, 3.63) is 101 Å². The van der Waals surface area contributed by atoms with E-state index in [9.17, 15) is 9.90 Å². The smallest absolute Gasteiger partial charge is 0.335 e. The van der Waals surface area contributed by atoms with Crippen molar-refractivity contribution >= 4 is 5.97 Å². The van der Waals surface area contributed by atoms with Gasteiger partial charge in [-0.2, -0.15) is 5.21 Å². The van der Waals surface area contributed by atoms with Gasteiger partial charge in [0.25, 0.3) is 0 Å². The van der Waals surface area contributed by atoms with Crippen LogP contribution < -0.4 is 4.74 Å². The fourth-order valence-corrected chi connectivity index (χ4v) is 4.18. The van der Waals surface area contributed by atoms with Gasteiger partial charge >= 0.3 is 5.97 Å². The maximum atomic E-state index is 11.2. The molecule has 0 saturated carbocycles. The molecule has 0 radical (unpaired) electrons. The number of rotatable bonds is 7. The van der Waals surface area contributed by atoms with Crippen molar-refractivity contribution in [2.45, 2.75) is 20.5 Å². The average molecular weight is 478 g/mol. The van der Waals surface area contributed by atoms with Crippen molar-refractivity contribution in [2.75, 3.05) is 0 Å². The average Bonchev–Trinajstić information content (AvgIpc) is 3.43. The predicted molar refractivity (Wildman–Crippen MR) is 135 cm³/mol.